The van der Waals surface area contributed by atoms with Crippen molar-refractivity contribution in [3.8, 4) is 17.2 Å². The van der Waals surface area contributed by atoms with Gasteiger partial charge in [0.1, 0.15) is 0 Å². The number of rotatable bonds is 4. The highest BCUT2D eigenvalue weighted by Gasteiger charge is 2.37. The molecule has 0 saturated carbocycles. The van der Waals surface area contributed by atoms with Crippen molar-refractivity contribution >= 4 is 11.6 Å². The third-order valence-electron chi connectivity index (χ3n) is 4.99. The summed E-state index contributed by atoms with van der Waals surface area (Å²) >= 11 is 0. The standard InChI is InChI=1S/C19H17F3N4O4/c1-28-14-6-10(7-15(29-2)16(14)30-3)9-4-12-11(13(27)5-9)8-26-18(23-12)24-17(25-26)19(20,21)22/h6-9H,4-5H2,1-3H3/t9-/m1/s1. The lowest BCUT2D eigenvalue weighted by atomic mass is 9.82. The number of nitrogens with zero attached hydrogens (tertiary/aromatic N) is 4. The van der Waals surface area contributed by atoms with Crippen LogP contribution in [0.2, 0.25) is 0 Å². The van der Waals surface area contributed by atoms with Crippen molar-refractivity contribution in [2.45, 2.75) is 24.9 Å². The molecule has 1 aliphatic carbocycles. The van der Waals surface area contributed by atoms with Gasteiger partial charge in [0.25, 0.3) is 11.6 Å². The Hall–Kier alpha value is -3.37. The summed E-state index contributed by atoms with van der Waals surface area (Å²) in [6.07, 6.45) is -2.95. The normalized spacial score (nSPS) is 16.5. The molecule has 1 aliphatic rings. The number of ether oxygens (including phenoxy) is 3. The maximum absolute atomic E-state index is 12.9. The van der Waals surface area contributed by atoms with Crippen LogP contribution in [0.1, 0.15) is 39.8 Å². The first-order valence-corrected chi connectivity index (χ1v) is 8.91. The van der Waals surface area contributed by atoms with Gasteiger partial charge in [0, 0.05) is 12.6 Å². The molecule has 3 aromatic rings. The molecule has 1 atom stereocenters. The van der Waals surface area contributed by atoms with E-state index in [0.29, 0.717) is 29.4 Å². The number of halogens is 3. The van der Waals surface area contributed by atoms with Crippen molar-refractivity contribution in [1.82, 2.24) is 19.6 Å². The Balaban J connectivity index is 1.75. The zero-order valence-corrected chi connectivity index (χ0v) is 16.3. The number of Topliss-reactive ketones (excluding diaryl/α,β-unsaturated/α-hetero) is 1. The van der Waals surface area contributed by atoms with Gasteiger partial charge in [-0.05, 0) is 30.0 Å². The lowest BCUT2D eigenvalue weighted by Crippen LogP contribution is -2.21. The fourth-order valence-electron chi connectivity index (χ4n) is 3.58. The molecule has 0 spiro atoms. The van der Waals surface area contributed by atoms with Crippen LogP contribution in [-0.2, 0) is 12.6 Å². The van der Waals surface area contributed by atoms with E-state index in [4.69, 9.17) is 14.2 Å². The minimum Gasteiger partial charge on any atom is -0.493 e. The predicted molar refractivity (Wildman–Crippen MR) is 97.3 cm³/mol. The Morgan fingerprint density at radius 2 is 1.70 bits per heavy atom. The number of aromatic nitrogens is 4. The van der Waals surface area contributed by atoms with Gasteiger partial charge >= 0.3 is 6.18 Å². The van der Waals surface area contributed by atoms with E-state index >= 15 is 0 Å². The van der Waals surface area contributed by atoms with Crippen LogP contribution in [0.3, 0.4) is 0 Å². The van der Waals surface area contributed by atoms with Gasteiger partial charge in [-0.1, -0.05) is 0 Å². The molecular formula is C19H17F3N4O4. The minimum absolute atomic E-state index is 0.152. The van der Waals surface area contributed by atoms with Crippen LogP contribution < -0.4 is 14.2 Å². The van der Waals surface area contributed by atoms with Crippen LogP contribution in [0.5, 0.6) is 17.2 Å². The number of carbonyl (C=O) groups is 1. The topological polar surface area (TPSA) is 87.8 Å². The second kappa shape index (κ2) is 7.15. The van der Waals surface area contributed by atoms with Crippen molar-refractivity contribution in [3.63, 3.8) is 0 Å². The quantitative estimate of drug-likeness (QED) is 0.639. The maximum atomic E-state index is 12.9. The van der Waals surface area contributed by atoms with Gasteiger partial charge in [0.2, 0.25) is 5.75 Å². The number of carbonyl (C=O) groups excluding carboxylic acids is 1. The summed E-state index contributed by atoms with van der Waals surface area (Å²) in [6, 6.07) is 3.50. The molecule has 0 bridgehead atoms. The highest BCUT2D eigenvalue weighted by Crippen LogP contribution is 2.42. The number of hydrogen-bond acceptors (Lipinski definition) is 7. The minimum atomic E-state index is -4.70. The van der Waals surface area contributed by atoms with E-state index in [-0.39, 0.29) is 29.5 Å². The largest absolute Gasteiger partial charge is 0.493 e. The lowest BCUT2D eigenvalue weighted by molar-refractivity contribution is -0.144. The summed E-state index contributed by atoms with van der Waals surface area (Å²) in [7, 11) is 4.47. The van der Waals surface area contributed by atoms with E-state index in [1.165, 1.54) is 27.5 Å². The number of fused-ring (bicyclic) bond motifs is 2. The van der Waals surface area contributed by atoms with E-state index in [9.17, 15) is 18.0 Å². The summed E-state index contributed by atoms with van der Waals surface area (Å²) in [6.45, 7) is 0. The molecule has 2 heterocycles. The molecule has 0 radical (unpaired) electrons. The smallest absolute Gasteiger partial charge is 0.453 e. The SMILES string of the molecule is COc1cc([C@H]2CC(=O)c3cn4nc(C(F)(F)F)nc4nc3C2)cc(OC)c1OC. The fraction of sp³-hybridized carbons (Fsp3) is 0.368. The molecule has 1 aromatic carbocycles. The third kappa shape index (κ3) is 3.29. The molecular weight excluding hydrogens is 405 g/mol. The number of benzene rings is 1. The molecule has 2 aromatic heterocycles. The van der Waals surface area contributed by atoms with Crippen LogP contribution in [0.25, 0.3) is 5.78 Å². The first kappa shape index (κ1) is 19.9. The Bertz CT molecular complexity index is 1120. The first-order valence-electron chi connectivity index (χ1n) is 8.91. The Labute approximate surface area is 168 Å². The number of alkyl halides is 3. The molecule has 0 N–H and O–H groups in total. The van der Waals surface area contributed by atoms with Gasteiger partial charge in [0.15, 0.2) is 17.3 Å². The molecule has 11 heteroatoms. The first-order chi connectivity index (χ1) is 14.2. The molecule has 0 unspecified atom stereocenters. The summed E-state index contributed by atoms with van der Waals surface area (Å²) in [5.74, 6) is -0.701. The zero-order chi connectivity index (χ0) is 21.6. The number of ketones is 1. The van der Waals surface area contributed by atoms with Crippen LogP contribution in [-0.4, -0.2) is 46.7 Å². The number of hydrogen-bond donors (Lipinski definition) is 0. The fourth-order valence-corrected chi connectivity index (χ4v) is 3.58. The van der Waals surface area contributed by atoms with Crippen LogP contribution in [0.15, 0.2) is 18.3 Å². The summed E-state index contributed by atoms with van der Waals surface area (Å²) < 4.78 is 55.6. The third-order valence-corrected chi connectivity index (χ3v) is 4.99. The Morgan fingerprint density at radius 3 is 2.27 bits per heavy atom. The van der Waals surface area contributed by atoms with Gasteiger partial charge in [-0.25, -0.2) is 9.50 Å². The van der Waals surface area contributed by atoms with Crippen molar-refractivity contribution in [2.24, 2.45) is 0 Å². The van der Waals surface area contributed by atoms with Crippen molar-refractivity contribution in [2.75, 3.05) is 21.3 Å². The molecule has 8 nitrogen and oxygen atoms in total. The molecule has 0 fully saturated rings. The van der Waals surface area contributed by atoms with E-state index in [1.54, 1.807) is 12.1 Å². The summed E-state index contributed by atoms with van der Waals surface area (Å²) in [5.41, 5.74) is 1.38. The number of methoxy groups -OCH3 is 3. The molecule has 0 aliphatic heterocycles. The van der Waals surface area contributed by atoms with Gasteiger partial charge in [-0.3, -0.25) is 4.79 Å². The van der Waals surface area contributed by atoms with Gasteiger partial charge in [0.05, 0.1) is 32.6 Å². The Morgan fingerprint density at radius 1 is 1.03 bits per heavy atom. The predicted octanol–water partition coefficient (Wildman–Crippen LogP) is 3.08. The van der Waals surface area contributed by atoms with Crippen LogP contribution in [0.4, 0.5) is 13.2 Å². The summed E-state index contributed by atoms with van der Waals surface area (Å²) in [4.78, 5) is 20.4. The molecule has 158 valence electrons. The van der Waals surface area contributed by atoms with E-state index in [0.717, 1.165) is 10.1 Å². The second-order valence-corrected chi connectivity index (χ2v) is 6.77. The average molecular weight is 422 g/mol. The van der Waals surface area contributed by atoms with E-state index < -0.39 is 12.0 Å². The van der Waals surface area contributed by atoms with Gasteiger partial charge in [-0.2, -0.15) is 18.2 Å². The van der Waals surface area contributed by atoms with Gasteiger partial charge in [-0.15, -0.1) is 5.10 Å². The van der Waals surface area contributed by atoms with Crippen LogP contribution >= 0.6 is 0 Å². The molecule has 4 rings (SSSR count). The van der Waals surface area contributed by atoms with Crippen LogP contribution in [0, 0.1) is 0 Å². The van der Waals surface area contributed by atoms with Crippen molar-refractivity contribution in [3.05, 3.63) is 41.0 Å². The zero-order valence-electron chi connectivity index (χ0n) is 16.3. The maximum Gasteiger partial charge on any atom is 0.453 e. The summed E-state index contributed by atoms with van der Waals surface area (Å²) in [5, 5.41) is 3.39. The van der Waals surface area contributed by atoms with Crippen molar-refractivity contribution in [1.29, 1.82) is 0 Å². The highest BCUT2D eigenvalue weighted by atomic mass is 19.4. The van der Waals surface area contributed by atoms with E-state index in [1.807, 2.05) is 0 Å². The average Bonchev–Trinajstić information content (AvgIpc) is 3.14. The molecule has 30 heavy (non-hydrogen) atoms. The van der Waals surface area contributed by atoms with Gasteiger partial charge < -0.3 is 14.2 Å². The molecule has 0 saturated heterocycles. The molecule has 0 amide bonds. The second-order valence-electron chi connectivity index (χ2n) is 6.77. The lowest BCUT2D eigenvalue weighted by Gasteiger charge is -2.24. The van der Waals surface area contributed by atoms with Crippen molar-refractivity contribution < 1.29 is 32.2 Å². The highest BCUT2D eigenvalue weighted by molar-refractivity contribution is 5.98. The monoisotopic (exact) mass is 422 g/mol. The Kier molecular flexibility index (Phi) is 4.75. The van der Waals surface area contributed by atoms with E-state index in [2.05, 4.69) is 15.1 Å².